The fourth-order valence-corrected chi connectivity index (χ4v) is 7.56. The van der Waals surface area contributed by atoms with E-state index < -0.39 is 0 Å². The van der Waals surface area contributed by atoms with Gasteiger partial charge in [-0.25, -0.2) is 0 Å². The molecule has 1 unspecified atom stereocenters. The molecule has 0 fully saturated rings. The topological polar surface area (TPSA) is 12.5 Å². The monoisotopic (exact) mass is 533 g/mol. The molecule has 2 nitrogen and oxygen atoms in total. The van der Waals surface area contributed by atoms with Crippen LogP contribution in [0.2, 0.25) is 0 Å². The van der Waals surface area contributed by atoms with Crippen molar-refractivity contribution in [2.45, 2.75) is 18.8 Å². The summed E-state index contributed by atoms with van der Waals surface area (Å²) in [5.74, 6) is 1.90. The molecule has 0 amide bonds. The molecule has 0 bridgehead atoms. The zero-order chi connectivity index (χ0) is 26.7. The highest BCUT2D eigenvalue weighted by atomic mass is 32.1. The third-order valence-electron chi connectivity index (χ3n) is 8.25. The summed E-state index contributed by atoms with van der Waals surface area (Å²) in [6.07, 6.45) is 5.44. The van der Waals surface area contributed by atoms with E-state index in [-0.39, 0.29) is 5.41 Å². The minimum Gasteiger partial charge on any atom is -0.457 e. The molecule has 1 atom stereocenters. The quantitative estimate of drug-likeness (QED) is 0.224. The van der Waals surface area contributed by atoms with Crippen LogP contribution in [0.1, 0.15) is 18.9 Å². The van der Waals surface area contributed by atoms with Gasteiger partial charge in [0.1, 0.15) is 5.76 Å². The van der Waals surface area contributed by atoms with Gasteiger partial charge in [0.05, 0.1) is 11.4 Å². The maximum absolute atomic E-state index is 6.66. The lowest BCUT2D eigenvalue weighted by molar-refractivity contribution is 0.355. The van der Waals surface area contributed by atoms with Crippen molar-refractivity contribution in [2.24, 2.45) is 0 Å². The molecule has 0 saturated carbocycles. The predicted octanol–water partition coefficient (Wildman–Crippen LogP) is 10.4. The normalized spacial score (nSPS) is 18.1. The Morgan fingerprint density at radius 1 is 0.700 bits per heavy atom. The molecular weight excluding hydrogens is 506 g/mol. The highest BCUT2D eigenvalue weighted by Crippen LogP contribution is 2.50. The van der Waals surface area contributed by atoms with Gasteiger partial charge in [0.2, 0.25) is 0 Å². The van der Waals surface area contributed by atoms with Gasteiger partial charge in [0, 0.05) is 37.7 Å². The van der Waals surface area contributed by atoms with E-state index in [1.807, 2.05) is 11.3 Å². The highest BCUT2D eigenvalue weighted by molar-refractivity contribution is 7.26. The van der Waals surface area contributed by atoms with E-state index in [4.69, 9.17) is 4.74 Å². The molecule has 5 aromatic carbocycles. The first-order valence-corrected chi connectivity index (χ1v) is 14.6. The molecule has 8 rings (SSSR count). The van der Waals surface area contributed by atoms with E-state index >= 15 is 0 Å². The van der Waals surface area contributed by atoms with Crippen LogP contribution in [0.25, 0.3) is 31.3 Å². The molecule has 1 aromatic heterocycles. The van der Waals surface area contributed by atoms with E-state index in [2.05, 4.69) is 145 Å². The van der Waals surface area contributed by atoms with E-state index in [1.54, 1.807) is 0 Å². The van der Waals surface area contributed by atoms with Gasteiger partial charge in [-0.15, -0.1) is 11.3 Å². The second kappa shape index (κ2) is 8.97. The summed E-state index contributed by atoms with van der Waals surface area (Å²) in [7, 11) is 0. The summed E-state index contributed by atoms with van der Waals surface area (Å²) in [4.78, 5) is 2.35. The van der Waals surface area contributed by atoms with Gasteiger partial charge in [0.15, 0.2) is 5.75 Å². The number of fused-ring (bicyclic) bond motifs is 4. The molecule has 3 heteroatoms. The molecule has 2 heterocycles. The van der Waals surface area contributed by atoms with Gasteiger partial charge in [-0.3, -0.25) is 0 Å². The Kier molecular flexibility index (Phi) is 5.23. The Morgan fingerprint density at radius 3 is 2.30 bits per heavy atom. The number of para-hydroxylation sites is 2. The zero-order valence-corrected chi connectivity index (χ0v) is 23.0. The first-order chi connectivity index (χ1) is 19.7. The third kappa shape index (κ3) is 3.62. The van der Waals surface area contributed by atoms with Crippen LogP contribution in [0.4, 0.5) is 11.4 Å². The smallest absolute Gasteiger partial charge is 0.151 e. The van der Waals surface area contributed by atoms with Crippen molar-refractivity contribution < 1.29 is 4.74 Å². The van der Waals surface area contributed by atoms with Crippen LogP contribution in [-0.2, 0) is 5.41 Å². The molecule has 0 saturated heterocycles. The summed E-state index contributed by atoms with van der Waals surface area (Å²) < 4.78 is 9.36. The Morgan fingerprint density at radius 2 is 1.43 bits per heavy atom. The third-order valence-corrected chi connectivity index (χ3v) is 9.47. The number of hydrogen-bond donors (Lipinski definition) is 0. The van der Waals surface area contributed by atoms with Gasteiger partial charge in [-0.05, 0) is 53.1 Å². The van der Waals surface area contributed by atoms with Gasteiger partial charge >= 0.3 is 0 Å². The number of hydrogen-bond acceptors (Lipinski definition) is 3. The van der Waals surface area contributed by atoms with Crippen LogP contribution < -0.4 is 9.64 Å². The number of ether oxygens (including phenoxy) is 1. The largest absolute Gasteiger partial charge is 0.457 e. The summed E-state index contributed by atoms with van der Waals surface area (Å²) >= 11 is 1.89. The SMILES string of the molecule is CC1(c2cccc3c2sc2ccccc23)C=CC2=C(C1)Oc1ccccc1N2c1ccc(-c2ccccc2)cc1. The standard InChI is InChI=1S/C37H27NOS/c1-37(30-14-9-13-29-28-12-5-8-17-35(28)40-36(29)30)23-22-32-34(24-37)39-33-16-7-6-15-31(33)38(32)27-20-18-26(19-21-27)25-10-3-2-4-11-25/h2-23H,24H2,1H3. The molecule has 0 spiro atoms. The predicted molar refractivity (Wildman–Crippen MR) is 169 cm³/mol. The Balaban J connectivity index is 1.22. The molecule has 6 aromatic rings. The lowest BCUT2D eigenvalue weighted by Crippen LogP contribution is -2.31. The lowest BCUT2D eigenvalue weighted by atomic mass is 9.75. The van der Waals surface area contributed by atoms with E-state index in [1.165, 1.54) is 36.9 Å². The van der Waals surface area contributed by atoms with E-state index in [0.29, 0.717) is 0 Å². The highest BCUT2D eigenvalue weighted by Gasteiger charge is 2.37. The van der Waals surface area contributed by atoms with E-state index in [9.17, 15) is 0 Å². The average Bonchev–Trinajstić information content (AvgIpc) is 3.39. The number of thiophene rings is 1. The van der Waals surface area contributed by atoms with Crippen LogP contribution >= 0.6 is 11.3 Å². The maximum atomic E-state index is 6.66. The number of nitrogens with zero attached hydrogens (tertiary/aromatic N) is 1. The fourth-order valence-electron chi connectivity index (χ4n) is 6.21. The Hall–Kier alpha value is -4.60. The summed E-state index contributed by atoms with van der Waals surface area (Å²) in [6, 6.07) is 43.2. The summed E-state index contributed by atoms with van der Waals surface area (Å²) in [6.45, 7) is 2.34. The minimum atomic E-state index is -0.186. The lowest BCUT2D eigenvalue weighted by Gasteiger charge is -2.39. The zero-order valence-electron chi connectivity index (χ0n) is 22.2. The molecule has 1 aliphatic carbocycles. The molecule has 0 radical (unpaired) electrons. The van der Waals surface area contributed by atoms with Crippen molar-refractivity contribution in [3.05, 3.63) is 150 Å². The molecular formula is C37H27NOS. The first-order valence-electron chi connectivity index (χ1n) is 13.7. The second-order valence-electron chi connectivity index (χ2n) is 10.8. The van der Waals surface area contributed by atoms with Crippen LogP contribution in [-0.4, -0.2) is 0 Å². The van der Waals surface area contributed by atoms with Crippen molar-refractivity contribution in [1.29, 1.82) is 0 Å². The van der Waals surface area contributed by atoms with Gasteiger partial charge in [-0.2, -0.15) is 0 Å². The van der Waals surface area contributed by atoms with Crippen molar-refractivity contribution >= 4 is 42.9 Å². The minimum absolute atomic E-state index is 0.186. The number of allylic oxidation sites excluding steroid dienone is 3. The fraction of sp³-hybridized carbons (Fsp3) is 0.0811. The summed E-state index contributed by atoms with van der Waals surface area (Å²) in [5, 5.41) is 2.67. The number of rotatable bonds is 3. The maximum Gasteiger partial charge on any atom is 0.151 e. The van der Waals surface area contributed by atoms with E-state index in [0.717, 1.165) is 35.0 Å². The Labute approximate surface area is 238 Å². The average molecular weight is 534 g/mol. The van der Waals surface area contributed by atoms with Crippen molar-refractivity contribution in [3.8, 4) is 16.9 Å². The van der Waals surface area contributed by atoms with Gasteiger partial charge in [0.25, 0.3) is 0 Å². The van der Waals surface area contributed by atoms with Crippen molar-refractivity contribution in [3.63, 3.8) is 0 Å². The van der Waals surface area contributed by atoms with Crippen molar-refractivity contribution in [1.82, 2.24) is 0 Å². The summed E-state index contributed by atoms with van der Waals surface area (Å²) in [5.41, 5.74) is 6.90. The van der Waals surface area contributed by atoms with Gasteiger partial charge < -0.3 is 9.64 Å². The molecule has 192 valence electrons. The molecule has 0 N–H and O–H groups in total. The van der Waals surface area contributed by atoms with Crippen LogP contribution in [0.5, 0.6) is 5.75 Å². The number of benzene rings is 5. The number of anilines is 2. The van der Waals surface area contributed by atoms with Crippen LogP contribution in [0.15, 0.2) is 145 Å². The van der Waals surface area contributed by atoms with Gasteiger partial charge in [-0.1, -0.05) is 104 Å². The Bertz CT molecular complexity index is 1970. The first kappa shape index (κ1) is 23.3. The van der Waals surface area contributed by atoms with Crippen LogP contribution in [0.3, 0.4) is 0 Å². The second-order valence-corrected chi connectivity index (χ2v) is 11.9. The molecule has 40 heavy (non-hydrogen) atoms. The molecule has 2 aliphatic rings. The molecule has 1 aliphatic heterocycles. The van der Waals surface area contributed by atoms with Crippen LogP contribution in [0, 0.1) is 0 Å². The van der Waals surface area contributed by atoms with Crippen molar-refractivity contribution in [2.75, 3.05) is 4.90 Å².